The molecule has 116 valence electrons. The Bertz CT molecular complexity index is 605. The third kappa shape index (κ3) is 5.90. The number of rotatable bonds is 7. The van der Waals surface area contributed by atoms with Gasteiger partial charge in [-0.3, -0.25) is 5.41 Å². The summed E-state index contributed by atoms with van der Waals surface area (Å²) >= 11 is 5.86. The molecule has 0 amide bonds. The minimum atomic E-state index is 0.610. The molecule has 0 saturated carbocycles. The summed E-state index contributed by atoms with van der Waals surface area (Å²) in [5, 5.41) is 11.9. The van der Waals surface area contributed by atoms with Crippen LogP contribution >= 0.6 is 11.6 Å². The second-order valence-corrected chi connectivity index (χ2v) is 6.09. The van der Waals surface area contributed by atoms with Gasteiger partial charge in [0.15, 0.2) is 0 Å². The topological polar surface area (TPSA) is 35.9 Å². The average Bonchev–Trinajstić information content (AvgIpc) is 2.51. The zero-order valence-corrected chi connectivity index (χ0v) is 13.8. The lowest BCUT2D eigenvalue weighted by atomic mass is 10.0. The Labute approximate surface area is 138 Å². The third-order valence-corrected chi connectivity index (χ3v) is 3.90. The van der Waals surface area contributed by atoms with Gasteiger partial charge in [0.05, 0.1) is 5.84 Å². The first-order valence-electron chi connectivity index (χ1n) is 7.75. The maximum atomic E-state index is 7.96. The van der Waals surface area contributed by atoms with Crippen LogP contribution in [0, 0.1) is 12.3 Å². The first kappa shape index (κ1) is 16.6. The molecule has 2 aromatic rings. The number of hydrogen-bond acceptors (Lipinski definition) is 1. The van der Waals surface area contributed by atoms with Gasteiger partial charge >= 0.3 is 0 Å². The molecule has 0 bridgehead atoms. The van der Waals surface area contributed by atoms with Crippen LogP contribution in [0.5, 0.6) is 0 Å². The first-order valence-corrected chi connectivity index (χ1v) is 8.12. The Morgan fingerprint density at radius 2 is 1.82 bits per heavy atom. The van der Waals surface area contributed by atoms with Crippen molar-refractivity contribution in [3.05, 3.63) is 70.2 Å². The van der Waals surface area contributed by atoms with E-state index in [4.69, 9.17) is 17.0 Å². The lowest BCUT2D eigenvalue weighted by Crippen LogP contribution is -2.21. The van der Waals surface area contributed by atoms with E-state index in [1.54, 1.807) is 0 Å². The summed E-state index contributed by atoms with van der Waals surface area (Å²) in [7, 11) is 0. The molecular weight excluding hydrogens is 292 g/mol. The Kier molecular flexibility index (Phi) is 6.47. The van der Waals surface area contributed by atoms with Crippen molar-refractivity contribution in [2.45, 2.75) is 39.2 Å². The van der Waals surface area contributed by atoms with E-state index in [9.17, 15) is 0 Å². The van der Waals surface area contributed by atoms with E-state index < -0.39 is 0 Å². The second-order valence-electron chi connectivity index (χ2n) is 5.65. The molecule has 0 aliphatic heterocycles. The summed E-state index contributed by atoms with van der Waals surface area (Å²) in [6.07, 6.45) is 4.06. The van der Waals surface area contributed by atoms with E-state index in [-0.39, 0.29) is 0 Å². The van der Waals surface area contributed by atoms with Gasteiger partial charge in [0, 0.05) is 18.0 Å². The molecule has 0 aromatic heterocycles. The fourth-order valence-electron chi connectivity index (χ4n) is 2.40. The highest BCUT2D eigenvalue weighted by Crippen LogP contribution is 2.10. The van der Waals surface area contributed by atoms with Gasteiger partial charge < -0.3 is 5.32 Å². The Morgan fingerprint density at radius 1 is 1.05 bits per heavy atom. The predicted molar refractivity (Wildman–Crippen MR) is 94.8 cm³/mol. The van der Waals surface area contributed by atoms with Crippen molar-refractivity contribution in [3.8, 4) is 0 Å². The smallest absolute Gasteiger partial charge is 0.0934 e. The number of hydrogen-bond donors (Lipinski definition) is 2. The molecule has 0 radical (unpaired) electrons. The van der Waals surface area contributed by atoms with Crippen molar-refractivity contribution >= 4 is 17.4 Å². The average molecular weight is 315 g/mol. The van der Waals surface area contributed by atoms with E-state index in [0.29, 0.717) is 12.4 Å². The summed E-state index contributed by atoms with van der Waals surface area (Å²) in [5.41, 5.74) is 3.85. The Hall–Kier alpha value is -1.80. The second kappa shape index (κ2) is 8.60. The lowest BCUT2D eigenvalue weighted by molar-refractivity contribution is 0.739. The summed E-state index contributed by atoms with van der Waals surface area (Å²) in [6, 6.07) is 16.4. The van der Waals surface area contributed by atoms with Crippen LogP contribution in [0.3, 0.4) is 0 Å². The summed E-state index contributed by atoms with van der Waals surface area (Å²) < 4.78 is 0. The molecule has 0 atom stereocenters. The summed E-state index contributed by atoms with van der Waals surface area (Å²) in [5.74, 6) is 0.610. The van der Waals surface area contributed by atoms with Crippen molar-refractivity contribution in [1.29, 1.82) is 5.41 Å². The van der Waals surface area contributed by atoms with Crippen LogP contribution in [0.1, 0.15) is 36.0 Å². The molecule has 2 N–H and O–H groups in total. The molecule has 0 heterocycles. The van der Waals surface area contributed by atoms with Crippen LogP contribution in [0.4, 0.5) is 0 Å². The highest BCUT2D eigenvalue weighted by Gasteiger charge is 1.99. The maximum Gasteiger partial charge on any atom is 0.0934 e. The van der Waals surface area contributed by atoms with Crippen LogP contribution in [0.2, 0.25) is 5.02 Å². The van der Waals surface area contributed by atoms with Crippen molar-refractivity contribution in [2.24, 2.45) is 0 Å². The molecule has 2 aromatic carbocycles. The SMILES string of the molecule is Cc1cccc(CCCCC(=N)NCc2ccc(Cl)cc2)c1. The molecule has 0 aliphatic rings. The van der Waals surface area contributed by atoms with E-state index >= 15 is 0 Å². The third-order valence-electron chi connectivity index (χ3n) is 3.64. The van der Waals surface area contributed by atoms with Gasteiger partial charge in [-0.25, -0.2) is 0 Å². The van der Waals surface area contributed by atoms with Crippen LogP contribution in [0.15, 0.2) is 48.5 Å². The summed E-state index contributed by atoms with van der Waals surface area (Å²) in [4.78, 5) is 0. The molecule has 0 saturated heterocycles. The van der Waals surface area contributed by atoms with E-state index in [1.807, 2.05) is 24.3 Å². The molecule has 0 aliphatic carbocycles. The van der Waals surface area contributed by atoms with Crippen molar-refractivity contribution < 1.29 is 0 Å². The first-order chi connectivity index (χ1) is 10.6. The van der Waals surface area contributed by atoms with Gasteiger partial charge in [-0.2, -0.15) is 0 Å². The minimum absolute atomic E-state index is 0.610. The molecule has 2 nitrogen and oxygen atoms in total. The van der Waals surface area contributed by atoms with Gasteiger partial charge in [0.1, 0.15) is 0 Å². The van der Waals surface area contributed by atoms with Gasteiger partial charge in [0.2, 0.25) is 0 Å². The Morgan fingerprint density at radius 3 is 2.55 bits per heavy atom. The predicted octanol–water partition coefficient (Wildman–Crippen LogP) is 5.13. The van der Waals surface area contributed by atoms with Crippen molar-refractivity contribution in [2.75, 3.05) is 0 Å². The fraction of sp³-hybridized carbons (Fsp3) is 0.316. The zero-order valence-electron chi connectivity index (χ0n) is 13.0. The maximum absolute atomic E-state index is 7.96. The zero-order chi connectivity index (χ0) is 15.8. The number of amidine groups is 1. The van der Waals surface area contributed by atoms with E-state index in [0.717, 1.165) is 36.3 Å². The van der Waals surface area contributed by atoms with Crippen LogP contribution in [-0.4, -0.2) is 5.84 Å². The van der Waals surface area contributed by atoms with E-state index in [2.05, 4.69) is 36.5 Å². The number of nitrogens with one attached hydrogen (secondary N) is 2. The monoisotopic (exact) mass is 314 g/mol. The molecular formula is C19H23ClN2. The van der Waals surface area contributed by atoms with Gasteiger partial charge in [-0.05, 0) is 49.4 Å². The quantitative estimate of drug-likeness (QED) is 0.415. The number of unbranched alkanes of at least 4 members (excludes halogenated alkanes) is 1. The molecule has 0 fully saturated rings. The number of benzene rings is 2. The molecule has 0 spiro atoms. The van der Waals surface area contributed by atoms with Gasteiger partial charge in [0.25, 0.3) is 0 Å². The standard InChI is InChI=1S/C19H23ClN2/c1-15-5-4-7-16(13-15)6-2-3-8-19(21)22-14-17-9-11-18(20)12-10-17/h4-5,7,9-13H,2-3,6,8,14H2,1H3,(H2,21,22). The Balaban J connectivity index is 1.62. The van der Waals surface area contributed by atoms with Gasteiger partial charge in [-0.15, -0.1) is 0 Å². The molecule has 0 unspecified atom stereocenters. The molecule has 3 heteroatoms. The highest BCUT2D eigenvalue weighted by molar-refractivity contribution is 6.30. The van der Waals surface area contributed by atoms with E-state index in [1.165, 1.54) is 11.1 Å². The minimum Gasteiger partial charge on any atom is -0.370 e. The van der Waals surface area contributed by atoms with Crippen LogP contribution in [0.25, 0.3) is 0 Å². The largest absolute Gasteiger partial charge is 0.370 e. The van der Waals surface area contributed by atoms with Crippen LogP contribution < -0.4 is 5.32 Å². The lowest BCUT2D eigenvalue weighted by Gasteiger charge is -2.08. The molecule has 22 heavy (non-hydrogen) atoms. The number of aryl methyl sites for hydroxylation is 2. The van der Waals surface area contributed by atoms with Crippen molar-refractivity contribution in [3.63, 3.8) is 0 Å². The fourth-order valence-corrected chi connectivity index (χ4v) is 2.52. The van der Waals surface area contributed by atoms with Gasteiger partial charge in [-0.1, -0.05) is 53.6 Å². The summed E-state index contributed by atoms with van der Waals surface area (Å²) in [6.45, 7) is 2.81. The highest BCUT2D eigenvalue weighted by atomic mass is 35.5. The molecule has 2 rings (SSSR count). The van der Waals surface area contributed by atoms with Crippen molar-refractivity contribution in [1.82, 2.24) is 5.32 Å². The van der Waals surface area contributed by atoms with Crippen LogP contribution in [-0.2, 0) is 13.0 Å². The number of halogens is 1. The normalized spacial score (nSPS) is 10.5.